The quantitative estimate of drug-likeness (QED) is 0.438. The van der Waals surface area contributed by atoms with Gasteiger partial charge in [0.25, 0.3) is 5.91 Å². The predicted octanol–water partition coefficient (Wildman–Crippen LogP) is 4.14. The van der Waals surface area contributed by atoms with Crippen molar-refractivity contribution in [1.29, 1.82) is 0 Å². The fourth-order valence-electron chi connectivity index (χ4n) is 2.48. The average Bonchev–Trinajstić information content (AvgIpc) is 2.73. The van der Waals surface area contributed by atoms with Crippen molar-refractivity contribution in [3.63, 3.8) is 0 Å². The minimum atomic E-state index is -0.355. The van der Waals surface area contributed by atoms with E-state index in [0.717, 1.165) is 17.7 Å². The molecule has 2 aromatic carbocycles. The van der Waals surface area contributed by atoms with Gasteiger partial charge in [0.15, 0.2) is 5.11 Å². The molecule has 7 heteroatoms. The number of hydrogen-bond donors (Lipinski definition) is 3. The Balaban J connectivity index is 1.89. The summed E-state index contributed by atoms with van der Waals surface area (Å²) in [7, 11) is 0. The van der Waals surface area contributed by atoms with Crippen molar-refractivity contribution in [1.82, 2.24) is 10.6 Å². The highest BCUT2D eigenvalue weighted by Gasteiger charge is 2.09. The van der Waals surface area contributed by atoms with Gasteiger partial charge in [-0.1, -0.05) is 25.1 Å². The molecule has 0 heterocycles. The molecule has 2 amide bonds. The van der Waals surface area contributed by atoms with Crippen LogP contribution in [0, 0.1) is 0 Å². The lowest BCUT2D eigenvalue weighted by molar-refractivity contribution is -0.115. The molecule has 2 aromatic rings. The van der Waals surface area contributed by atoms with Crippen molar-refractivity contribution in [3.05, 3.63) is 65.7 Å². The summed E-state index contributed by atoms with van der Waals surface area (Å²) in [5, 5.41) is 8.58. The summed E-state index contributed by atoms with van der Waals surface area (Å²) < 4.78 is 5.39. The van der Waals surface area contributed by atoms with Gasteiger partial charge in [-0.05, 0) is 74.5 Å². The number of rotatable bonds is 8. The Hall–Kier alpha value is -3.19. The van der Waals surface area contributed by atoms with E-state index >= 15 is 0 Å². The molecule has 0 radical (unpaired) electrons. The van der Waals surface area contributed by atoms with Crippen LogP contribution in [-0.4, -0.2) is 29.6 Å². The van der Waals surface area contributed by atoms with Crippen molar-refractivity contribution in [3.8, 4) is 5.75 Å². The van der Waals surface area contributed by atoms with Crippen LogP contribution in [0.2, 0.25) is 0 Å². The third kappa shape index (κ3) is 7.67. The van der Waals surface area contributed by atoms with E-state index in [1.165, 1.54) is 6.08 Å². The van der Waals surface area contributed by atoms with Crippen LogP contribution in [0.1, 0.15) is 43.1 Å². The summed E-state index contributed by atoms with van der Waals surface area (Å²) in [5.74, 6) is 0.276. The van der Waals surface area contributed by atoms with Gasteiger partial charge < -0.3 is 15.4 Å². The topological polar surface area (TPSA) is 79.5 Å². The van der Waals surface area contributed by atoms with E-state index in [1.807, 2.05) is 45.0 Å². The minimum Gasteiger partial charge on any atom is -0.494 e. The molecule has 0 aliphatic rings. The van der Waals surface area contributed by atoms with Crippen LogP contribution in [0.25, 0.3) is 6.08 Å². The Kier molecular flexibility index (Phi) is 9.03. The van der Waals surface area contributed by atoms with Crippen molar-refractivity contribution in [2.45, 2.75) is 33.2 Å². The van der Waals surface area contributed by atoms with Gasteiger partial charge in [0.2, 0.25) is 5.91 Å². The van der Waals surface area contributed by atoms with E-state index in [2.05, 4.69) is 16.0 Å². The van der Waals surface area contributed by atoms with Gasteiger partial charge in [0, 0.05) is 23.4 Å². The molecule has 0 aromatic heterocycles. The van der Waals surface area contributed by atoms with Crippen LogP contribution in [0.4, 0.5) is 5.69 Å². The van der Waals surface area contributed by atoms with Gasteiger partial charge >= 0.3 is 0 Å². The first-order valence-corrected chi connectivity index (χ1v) is 10.3. The van der Waals surface area contributed by atoms with Crippen LogP contribution in [0.5, 0.6) is 5.75 Å². The summed E-state index contributed by atoms with van der Waals surface area (Å²) in [4.78, 5) is 24.4. The third-order valence-corrected chi connectivity index (χ3v) is 4.43. The number of nitrogens with one attached hydrogen (secondary N) is 3. The maximum absolute atomic E-state index is 12.2. The second-order valence-electron chi connectivity index (χ2n) is 6.64. The van der Waals surface area contributed by atoms with Crippen molar-refractivity contribution < 1.29 is 14.3 Å². The molecule has 0 spiro atoms. The lowest BCUT2D eigenvalue weighted by Gasteiger charge is -2.13. The molecule has 0 aliphatic carbocycles. The molecule has 158 valence electrons. The summed E-state index contributed by atoms with van der Waals surface area (Å²) in [6.07, 6.45) is 3.94. The number of hydrogen-bond acceptors (Lipinski definition) is 4. The highest BCUT2D eigenvalue weighted by molar-refractivity contribution is 7.80. The zero-order valence-corrected chi connectivity index (χ0v) is 18.2. The zero-order valence-electron chi connectivity index (χ0n) is 17.4. The first-order chi connectivity index (χ1) is 14.4. The number of benzene rings is 2. The Labute approximate surface area is 182 Å². The first kappa shape index (κ1) is 23.1. The Morgan fingerprint density at radius 1 is 1.13 bits per heavy atom. The van der Waals surface area contributed by atoms with E-state index in [-0.39, 0.29) is 23.0 Å². The maximum Gasteiger partial charge on any atom is 0.251 e. The van der Waals surface area contributed by atoms with Gasteiger partial charge in [-0.25, -0.2) is 0 Å². The van der Waals surface area contributed by atoms with Crippen LogP contribution < -0.4 is 20.7 Å². The van der Waals surface area contributed by atoms with Crippen LogP contribution >= 0.6 is 12.2 Å². The van der Waals surface area contributed by atoms with E-state index in [9.17, 15) is 9.59 Å². The van der Waals surface area contributed by atoms with Crippen LogP contribution in [0.15, 0.2) is 54.6 Å². The van der Waals surface area contributed by atoms with E-state index in [1.54, 1.807) is 30.3 Å². The first-order valence-electron chi connectivity index (χ1n) is 9.85. The number of amides is 2. The van der Waals surface area contributed by atoms with Gasteiger partial charge in [-0.3, -0.25) is 14.9 Å². The highest BCUT2D eigenvalue weighted by atomic mass is 32.1. The number of ether oxygens (including phenoxy) is 1. The van der Waals surface area contributed by atoms with E-state index in [4.69, 9.17) is 17.0 Å². The fourth-order valence-corrected chi connectivity index (χ4v) is 2.70. The van der Waals surface area contributed by atoms with Gasteiger partial charge in [-0.2, -0.15) is 0 Å². The predicted molar refractivity (Wildman–Crippen MR) is 125 cm³/mol. The van der Waals surface area contributed by atoms with E-state index < -0.39 is 0 Å². The zero-order chi connectivity index (χ0) is 21.9. The van der Waals surface area contributed by atoms with Crippen molar-refractivity contribution in [2.24, 2.45) is 0 Å². The molecular weight excluding hydrogens is 398 g/mol. The molecule has 0 fully saturated rings. The van der Waals surface area contributed by atoms with Crippen LogP contribution in [0.3, 0.4) is 0 Å². The highest BCUT2D eigenvalue weighted by Crippen LogP contribution is 2.13. The van der Waals surface area contributed by atoms with E-state index in [0.29, 0.717) is 17.9 Å². The second kappa shape index (κ2) is 11.7. The summed E-state index contributed by atoms with van der Waals surface area (Å²) in [6.45, 7) is 6.49. The standard InChI is InChI=1S/C23H27N3O3S/c1-4-16(3)24-22(28)18-7-6-8-19(15-18)25-23(30)26-21(27)14-11-17-9-12-20(13-10-17)29-5-2/h6-16H,4-5H2,1-3H3,(H,24,28)(H2,25,26,27,30)/b14-11+. The molecule has 2 rings (SSSR count). The SMILES string of the molecule is CCOc1ccc(/C=C/C(=O)NC(=S)Nc2cccc(C(=O)NC(C)CC)c2)cc1. The minimum absolute atomic E-state index is 0.0941. The lowest BCUT2D eigenvalue weighted by atomic mass is 10.1. The van der Waals surface area contributed by atoms with Gasteiger partial charge in [0.1, 0.15) is 5.75 Å². The molecule has 3 N–H and O–H groups in total. The number of thiocarbonyl (C=S) groups is 1. The number of carbonyl (C=O) groups is 2. The van der Waals surface area contributed by atoms with Crippen molar-refractivity contribution in [2.75, 3.05) is 11.9 Å². The smallest absolute Gasteiger partial charge is 0.251 e. The monoisotopic (exact) mass is 425 g/mol. The fraction of sp³-hybridized carbons (Fsp3) is 0.261. The maximum atomic E-state index is 12.2. The lowest BCUT2D eigenvalue weighted by Crippen LogP contribution is -2.33. The Morgan fingerprint density at radius 2 is 1.87 bits per heavy atom. The molecule has 1 atom stereocenters. The molecule has 6 nitrogen and oxygen atoms in total. The molecule has 0 saturated carbocycles. The Bertz CT molecular complexity index is 910. The normalized spacial score (nSPS) is 11.6. The summed E-state index contributed by atoms with van der Waals surface area (Å²) in [5.41, 5.74) is 2.00. The molecule has 0 aliphatic heterocycles. The summed E-state index contributed by atoms with van der Waals surface area (Å²) in [6, 6.07) is 14.4. The largest absolute Gasteiger partial charge is 0.494 e. The number of carbonyl (C=O) groups excluding carboxylic acids is 2. The molecule has 30 heavy (non-hydrogen) atoms. The third-order valence-electron chi connectivity index (χ3n) is 4.23. The average molecular weight is 426 g/mol. The molecule has 0 bridgehead atoms. The van der Waals surface area contributed by atoms with Crippen LogP contribution in [-0.2, 0) is 4.79 Å². The number of anilines is 1. The second-order valence-corrected chi connectivity index (χ2v) is 7.05. The molecule has 1 unspecified atom stereocenters. The Morgan fingerprint density at radius 3 is 2.53 bits per heavy atom. The van der Waals surface area contributed by atoms with Crippen molar-refractivity contribution >= 4 is 40.9 Å². The van der Waals surface area contributed by atoms with Gasteiger partial charge in [0.05, 0.1) is 6.61 Å². The summed E-state index contributed by atoms with van der Waals surface area (Å²) >= 11 is 5.19. The molecular formula is C23H27N3O3S. The molecule has 0 saturated heterocycles. The van der Waals surface area contributed by atoms with Gasteiger partial charge in [-0.15, -0.1) is 0 Å².